The molecule has 0 aliphatic carbocycles. The van der Waals surface area contributed by atoms with Gasteiger partial charge in [-0.2, -0.15) is 0 Å². The van der Waals surface area contributed by atoms with Crippen LogP contribution in [0.2, 0.25) is 0 Å². The fraction of sp³-hybridized carbons (Fsp3) is 0.556. The van der Waals surface area contributed by atoms with E-state index < -0.39 is 0 Å². The molecule has 0 radical (unpaired) electrons. The minimum absolute atomic E-state index is 0.427. The Kier molecular flexibility index (Phi) is 3.27. The van der Waals surface area contributed by atoms with Crippen molar-refractivity contribution in [2.45, 2.75) is 63.8 Å². The second-order valence-corrected chi connectivity index (χ2v) is 6.75. The maximum Gasteiger partial charge on any atom is 0.0483 e. The molecule has 2 atom stereocenters. The molecule has 2 aliphatic heterocycles. The molecular formula is C18H25N3. The highest BCUT2D eigenvalue weighted by molar-refractivity contribution is 5.83. The van der Waals surface area contributed by atoms with Gasteiger partial charge in [-0.3, -0.25) is 4.90 Å². The van der Waals surface area contributed by atoms with Crippen molar-refractivity contribution < 1.29 is 0 Å². The second kappa shape index (κ2) is 5.15. The molecule has 0 saturated carbocycles. The lowest BCUT2D eigenvalue weighted by Crippen LogP contribution is -2.46. The van der Waals surface area contributed by atoms with Crippen molar-refractivity contribution in [3.8, 4) is 0 Å². The molecule has 0 amide bonds. The highest BCUT2D eigenvalue weighted by Gasteiger charge is 2.39. The molecule has 3 heterocycles. The Labute approximate surface area is 126 Å². The number of fused-ring (bicyclic) bond motifs is 3. The number of nitrogens with zero attached hydrogens (tertiary/aromatic N) is 2. The first-order valence-corrected chi connectivity index (χ1v) is 8.34. The topological polar surface area (TPSA) is 34.2 Å². The molecule has 2 saturated heterocycles. The number of benzene rings is 1. The van der Waals surface area contributed by atoms with E-state index in [1.165, 1.54) is 42.1 Å². The fourth-order valence-electron chi connectivity index (χ4n) is 4.48. The first-order chi connectivity index (χ1) is 10.3. The average molecular weight is 283 g/mol. The van der Waals surface area contributed by atoms with E-state index >= 15 is 0 Å². The van der Waals surface area contributed by atoms with E-state index in [1.54, 1.807) is 0 Å². The quantitative estimate of drug-likeness (QED) is 0.939. The number of piperidine rings is 1. The van der Waals surface area contributed by atoms with Crippen LogP contribution in [0.1, 0.15) is 38.2 Å². The molecule has 1 aromatic carbocycles. The molecule has 1 aromatic heterocycles. The van der Waals surface area contributed by atoms with Gasteiger partial charge in [0.1, 0.15) is 0 Å². The van der Waals surface area contributed by atoms with E-state index in [-0.39, 0.29) is 0 Å². The summed E-state index contributed by atoms with van der Waals surface area (Å²) in [4.78, 5) is 2.73. The maximum atomic E-state index is 6.20. The second-order valence-electron chi connectivity index (χ2n) is 6.75. The molecule has 2 bridgehead atoms. The number of aromatic nitrogens is 1. The van der Waals surface area contributed by atoms with Gasteiger partial charge in [0.05, 0.1) is 0 Å². The summed E-state index contributed by atoms with van der Waals surface area (Å²) in [6.45, 7) is 4.35. The van der Waals surface area contributed by atoms with Crippen LogP contribution in [0.3, 0.4) is 0 Å². The van der Waals surface area contributed by atoms with Crippen LogP contribution >= 0.6 is 0 Å². The molecule has 21 heavy (non-hydrogen) atoms. The van der Waals surface area contributed by atoms with Crippen LogP contribution in [0.15, 0.2) is 30.5 Å². The minimum Gasteiger partial charge on any atom is -0.347 e. The fourth-order valence-corrected chi connectivity index (χ4v) is 4.48. The molecule has 2 aromatic rings. The molecule has 2 unspecified atom stereocenters. The molecular weight excluding hydrogens is 258 g/mol. The van der Waals surface area contributed by atoms with Gasteiger partial charge in [0, 0.05) is 48.3 Å². The lowest BCUT2D eigenvalue weighted by molar-refractivity contribution is 0.120. The van der Waals surface area contributed by atoms with E-state index in [4.69, 9.17) is 5.73 Å². The van der Waals surface area contributed by atoms with Crippen molar-refractivity contribution in [1.29, 1.82) is 0 Å². The van der Waals surface area contributed by atoms with Crippen molar-refractivity contribution in [1.82, 2.24) is 9.47 Å². The van der Waals surface area contributed by atoms with Crippen LogP contribution in [0.25, 0.3) is 10.9 Å². The van der Waals surface area contributed by atoms with Crippen LogP contribution in [-0.2, 0) is 13.1 Å². The highest BCUT2D eigenvalue weighted by Crippen LogP contribution is 2.37. The highest BCUT2D eigenvalue weighted by atomic mass is 15.2. The number of hydrogen-bond acceptors (Lipinski definition) is 2. The summed E-state index contributed by atoms with van der Waals surface area (Å²) < 4.78 is 2.38. The molecule has 2 aliphatic rings. The predicted octanol–water partition coefficient (Wildman–Crippen LogP) is 3.12. The minimum atomic E-state index is 0.427. The largest absolute Gasteiger partial charge is 0.347 e. The summed E-state index contributed by atoms with van der Waals surface area (Å²) in [5.74, 6) is 0. The van der Waals surface area contributed by atoms with Gasteiger partial charge >= 0.3 is 0 Å². The number of nitrogens with two attached hydrogens (primary N) is 1. The Balaban J connectivity index is 1.66. The standard InChI is InChI=1S/C18H25N3/c1-2-20-11-13(17-5-3-4-6-18(17)20)12-21-15-7-8-16(21)10-14(19)9-15/h3-6,11,14-16H,2,7-10,12,19H2,1H3. The van der Waals surface area contributed by atoms with Gasteiger partial charge in [-0.25, -0.2) is 0 Å². The van der Waals surface area contributed by atoms with Gasteiger partial charge in [-0.05, 0) is 44.2 Å². The third-order valence-electron chi connectivity index (χ3n) is 5.49. The Morgan fingerprint density at radius 2 is 1.86 bits per heavy atom. The normalized spacial score (nSPS) is 29.3. The van der Waals surface area contributed by atoms with Gasteiger partial charge in [0.15, 0.2) is 0 Å². The first kappa shape index (κ1) is 13.4. The van der Waals surface area contributed by atoms with Crippen LogP contribution in [0.4, 0.5) is 0 Å². The van der Waals surface area contributed by atoms with Crippen molar-refractivity contribution in [3.05, 3.63) is 36.0 Å². The lowest BCUT2D eigenvalue weighted by Gasteiger charge is -2.37. The molecule has 3 heteroatoms. The summed E-state index contributed by atoms with van der Waals surface area (Å²) in [5, 5.41) is 1.42. The summed E-state index contributed by atoms with van der Waals surface area (Å²) in [6, 6.07) is 10.7. The van der Waals surface area contributed by atoms with Crippen LogP contribution in [0, 0.1) is 0 Å². The average Bonchev–Trinajstić information content (AvgIpc) is 2.96. The van der Waals surface area contributed by atoms with Gasteiger partial charge in [0.25, 0.3) is 0 Å². The summed E-state index contributed by atoms with van der Waals surface area (Å²) in [5.41, 5.74) is 9.05. The Bertz CT molecular complexity index is 631. The van der Waals surface area contributed by atoms with Crippen molar-refractivity contribution in [3.63, 3.8) is 0 Å². The zero-order chi connectivity index (χ0) is 14.4. The van der Waals surface area contributed by atoms with E-state index in [0.29, 0.717) is 18.1 Å². The van der Waals surface area contributed by atoms with Crippen molar-refractivity contribution in [2.24, 2.45) is 5.73 Å². The molecule has 3 nitrogen and oxygen atoms in total. The molecule has 0 spiro atoms. The van der Waals surface area contributed by atoms with Crippen LogP contribution in [-0.4, -0.2) is 27.6 Å². The third-order valence-corrected chi connectivity index (χ3v) is 5.49. The number of para-hydroxylation sites is 1. The molecule has 4 rings (SSSR count). The van der Waals surface area contributed by atoms with E-state index in [9.17, 15) is 0 Å². The smallest absolute Gasteiger partial charge is 0.0483 e. The molecule has 2 N–H and O–H groups in total. The maximum absolute atomic E-state index is 6.20. The first-order valence-electron chi connectivity index (χ1n) is 8.34. The Hall–Kier alpha value is -1.32. The number of rotatable bonds is 3. The van der Waals surface area contributed by atoms with Gasteiger partial charge in [0.2, 0.25) is 0 Å². The van der Waals surface area contributed by atoms with Gasteiger partial charge < -0.3 is 10.3 Å². The summed E-state index contributed by atoms with van der Waals surface area (Å²) >= 11 is 0. The Morgan fingerprint density at radius 1 is 1.14 bits per heavy atom. The molecule has 112 valence electrons. The number of hydrogen-bond donors (Lipinski definition) is 1. The van der Waals surface area contributed by atoms with Gasteiger partial charge in [-0.1, -0.05) is 18.2 Å². The van der Waals surface area contributed by atoms with Crippen molar-refractivity contribution >= 4 is 10.9 Å². The predicted molar refractivity (Wildman–Crippen MR) is 87.2 cm³/mol. The van der Waals surface area contributed by atoms with Crippen LogP contribution < -0.4 is 5.73 Å². The zero-order valence-corrected chi connectivity index (χ0v) is 12.8. The van der Waals surface area contributed by atoms with Crippen molar-refractivity contribution in [2.75, 3.05) is 0 Å². The summed E-state index contributed by atoms with van der Waals surface area (Å²) in [7, 11) is 0. The monoisotopic (exact) mass is 283 g/mol. The third kappa shape index (κ3) is 2.19. The molecule has 2 fully saturated rings. The van der Waals surface area contributed by atoms with Gasteiger partial charge in [-0.15, -0.1) is 0 Å². The zero-order valence-electron chi connectivity index (χ0n) is 12.8. The number of aryl methyl sites for hydroxylation is 1. The SMILES string of the molecule is CCn1cc(CN2C3CCC2CC(N)C3)c2ccccc21. The van der Waals surface area contributed by atoms with Crippen LogP contribution in [0.5, 0.6) is 0 Å². The van der Waals surface area contributed by atoms with E-state index in [2.05, 4.69) is 46.9 Å². The van der Waals surface area contributed by atoms with E-state index in [1.807, 2.05) is 0 Å². The summed E-state index contributed by atoms with van der Waals surface area (Å²) in [6.07, 6.45) is 7.40. The Morgan fingerprint density at radius 3 is 2.57 bits per heavy atom. The lowest BCUT2D eigenvalue weighted by atomic mass is 9.97. The van der Waals surface area contributed by atoms with E-state index in [0.717, 1.165) is 13.1 Å².